The molecule has 26 heavy (non-hydrogen) atoms. The van der Waals surface area contributed by atoms with E-state index < -0.39 is 11.6 Å². The van der Waals surface area contributed by atoms with Crippen molar-refractivity contribution in [2.75, 3.05) is 5.32 Å². The lowest BCUT2D eigenvalue weighted by molar-refractivity contribution is -0.115. The fraction of sp³-hybridized carbons (Fsp3) is 0.444. The number of aromatic nitrogens is 1. The number of halogens is 3. The first-order valence-corrected chi connectivity index (χ1v) is 9.33. The number of benzene rings is 1. The molecule has 0 spiro atoms. The van der Waals surface area contributed by atoms with Gasteiger partial charge in [0.2, 0.25) is 5.91 Å². The van der Waals surface area contributed by atoms with Crippen LogP contribution < -0.4 is 10.1 Å². The lowest BCUT2D eigenvalue weighted by Crippen LogP contribution is -2.22. The van der Waals surface area contributed by atoms with Gasteiger partial charge >= 0.3 is 0 Å². The summed E-state index contributed by atoms with van der Waals surface area (Å²) in [6.45, 7) is 0. The van der Waals surface area contributed by atoms with Gasteiger partial charge < -0.3 is 9.88 Å². The molecule has 2 aromatic rings. The number of thiazole rings is 1. The van der Waals surface area contributed by atoms with Gasteiger partial charge in [0.25, 0.3) is 0 Å². The minimum atomic E-state index is -0.655. The Bertz CT molecular complexity index is 828. The fourth-order valence-corrected chi connectivity index (χ4v) is 3.97. The van der Waals surface area contributed by atoms with Crippen molar-refractivity contribution < 1.29 is 13.6 Å². The van der Waals surface area contributed by atoms with Gasteiger partial charge in [0.1, 0.15) is 11.6 Å². The minimum absolute atomic E-state index is 0. The second kappa shape index (κ2) is 9.28. The zero-order valence-electron chi connectivity index (χ0n) is 14.5. The Hall–Kier alpha value is -1.73. The van der Waals surface area contributed by atoms with E-state index >= 15 is 0 Å². The van der Waals surface area contributed by atoms with Gasteiger partial charge in [-0.1, -0.05) is 19.3 Å². The van der Waals surface area contributed by atoms with Crippen molar-refractivity contribution in [1.82, 2.24) is 4.57 Å². The van der Waals surface area contributed by atoms with Crippen molar-refractivity contribution in [3.8, 4) is 0 Å². The zero-order chi connectivity index (χ0) is 17.8. The molecule has 0 radical (unpaired) electrons. The molecule has 3 rings (SSSR count). The number of carbonyl (C=O) groups excluding carboxylic acids is 1. The highest BCUT2D eigenvalue weighted by molar-refractivity contribution is 7.07. The van der Waals surface area contributed by atoms with Crippen LogP contribution in [-0.2, 0) is 18.3 Å². The molecule has 1 saturated carbocycles. The van der Waals surface area contributed by atoms with Gasteiger partial charge in [0.15, 0.2) is 4.80 Å². The average Bonchev–Trinajstić information content (AvgIpc) is 2.92. The number of rotatable bonds is 4. The van der Waals surface area contributed by atoms with Crippen LogP contribution in [0, 0.1) is 11.6 Å². The van der Waals surface area contributed by atoms with E-state index in [1.807, 2.05) is 17.0 Å². The Morgan fingerprint density at radius 1 is 1.31 bits per heavy atom. The van der Waals surface area contributed by atoms with Crippen LogP contribution in [0.3, 0.4) is 0 Å². The monoisotopic (exact) mass is 401 g/mol. The largest absolute Gasteiger partial charge is 0.324 e. The zero-order valence-corrected chi connectivity index (χ0v) is 16.1. The number of nitrogens with zero attached hydrogens (tertiary/aromatic N) is 2. The van der Waals surface area contributed by atoms with E-state index in [2.05, 4.69) is 5.32 Å². The standard InChI is InChI=1S/C18H21F2N3OS.ClH/c1-23-14(11-25-18(23)21-13-5-3-2-4-6-13)10-17(24)22-16-9-12(19)7-8-15(16)20;/h7-9,11,13H,2-6,10H2,1H3,(H,22,24);1H. The Balaban J connectivity index is 0.00000243. The lowest BCUT2D eigenvalue weighted by Gasteiger charge is -2.16. The maximum Gasteiger partial charge on any atom is 0.230 e. The molecule has 0 bridgehead atoms. The Morgan fingerprint density at radius 3 is 2.77 bits per heavy atom. The summed E-state index contributed by atoms with van der Waals surface area (Å²) in [6.07, 6.45) is 6.04. The van der Waals surface area contributed by atoms with E-state index in [0.717, 1.165) is 41.5 Å². The lowest BCUT2D eigenvalue weighted by atomic mass is 9.96. The third-order valence-electron chi connectivity index (χ3n) is 4.43. The van der Waals surface area contributed by atoms with Gasteiger partial charge in [-0.15, -0.1) is 23.7 Å². The fourth-order valence-electron chi connectivity index (χ4n) is 3.00. The number of carbonyl (C=O) groups is 1. The molecule has 0 unspecified atom stereocenters. The first-order valence-electron chi connectivity index (χ1n) is 8.45. The smallest absolute Gasteiger partial charge is 0.230 e. The third-order valence-corrected chi connectivity index (χ3v) is 5.41. The highest BCUT2D eigenvalue weighted by atomic mass is 35.5. The maximum atomic E-state index is 13.6. The maximum absolute atomic E-state index is 13.6. The van der Waals surface area contributed by atoms with Crippen molar-refractivity contribution >= 4 is 35.3 Å². The van der Waals surface area contributed by atoms with E-state index in [1.54, 1.807) is 0 Å². The molecule has 4 nitrogen and oxygen atoms in total. The van der Waals surface area contributed by atoms with Crippen LogP contribution in [0.1, 0.15) is 37.8 Å². The summed E-state index contributed by atoms with van der Waals surface area (Å²) in [7, 11) is 1.88. The van der Waals surface area contributed by atoms with Crippen LogP contribution in [-0.4, -0.2) is 16.5 Å². The van der Waals surface area contributed by atoms with Gasteiger partial charge in [-0.3, -0.25) is 9.79 Å². The summed E-state index contributed by atoms with van der Waals surface area (Å²) in [5.41, 5.74) is 0.656. The molecule has 8 heteroatoms. The van der Waals surface area contributed by atoms with Crippen LogP contribution in [0.5, 0.6) is 0 Å². The number of anilines is 1. The molecule has 1 aromatic carbocycles. The molecule has 1 aliphatic rings. The predicted octanol–water partition coefficient (Wildman–Crippen LogP) is 4.20. The molecule has 1 heterocycles. The van der Waals surface area contributed by atoms with E-state index in [-0.39, 0.29) is 30.4 Å². The van der Waals surface area contributed by atoms with Crippen LogP contribution in [0.15, 0.2) is 28.6 Å². The van der Waals surface area contributed by atoms with Crippen molar-refractivity contribution in [1.29, 1.82) is 0 Å². The molecular weight excluding hydrogens is 380 g/mol. The molecule has 1 aromatic heterocycles. The molecule has 1 N–H and O–H groups in total. The van der Waals surface area contributed by atoms with E-state index in [9.17, 15) is 13.6 Å². The summed E-state index contributed by atoms with van der Waals surface area (Å²) in [5, 5.41) is 4.32. The molecule has 0 atom stereocenters. The highest BCUT2D eigenvalue weighted by Crippen LogP contribution is 2.20. The topological polar surface area (TPSA) is 46.4 Å². The van der Waals surface area contributed by atoms with Crippen molar-refractivity contribution in [2.45, 2.75) is 44.6 Å². The first-order chi connectivity index (χ1) is 12.0. The van der Waals surface area contributed by atoms with Crippen LogP contribution in [0.25, 0.3) is 0 Å². The molecule has 0 aliphatic heterocycles. The van der Waals surface area contributed by atoms with Crippen molar-refractivity contribution in [3.05, 3.63) is 45.7 Å². The summed E-state index contributed by atoms with van der Waals surface area (Å²) in [5.74, 6) is -1.63. The Morgan fingerprint density at radius 2 is 2.04 bits per heavy atom. The summed E-state index contributed by atoms with van der Waals surface area (Å²) >= 11 is 1.51. The summed E-state index contributed by atoms with van der Waals surface area (Å²) in [6, 6.07) is 3.35. The van der Waals surface area contributed by atoms with Crippen molar-refractivity contribution in [3.63, 3.8) is 0 Å². The highest BCUT2D eigenvalue weighted by Gasteiger charge is 2.14. The molecule has 1 amide bonds. The number of hydrogen-bond donors (Lipinski definition) is 1. The van der Waals surface area contributed by atoms with E-state index in [4.69, 9.17) is 4.99 Å². The molecule has 0 saturated heterocycles. The molecule has 142 valence electrons. The Labute approximate surface area is 161 Å². The SMILES string of the molecule is Cl.Cn1c(CC(=O)Nc2cc(F)ccc2F)csc1=NC1CCCCC1. The van der Waals surface area contributed by atoms with Crippen LogP contribution in [0.2, 0.25) is 0 Å². The predicted molar refractivity (Wildman–Crippen MR) is 102 cm³/mol. The molecular formula is C18H22ClF2N3OS. The van der Waals surface area contributed by atoms with E-state index in [1.165, 1.54) is 30.6 Å². The quantitative estimate of drug-likeness (QED) is 0.819. The van der Waals surface area contributed by atoms with Crippen LogP contribution >= 0.6 is 23.7 Å². The third kappa shape index (κ3) is 5.14. The first kappa shape index (κ1) is 20.6. The second-order valence-corrected chi connectivity index (χ2v) is 7.18. The number of hydrogen-bond acceptors (Lipinski definition) is 3. The van der Waals surface area contributed by atoms with Crippen LogP contribution in [0.4, 0.5) is 14.5 Å². The second-order valence-electron chi connectivity index (χ2n) is 6.34. The van der Waals surface area contributed by atoms with Gasteiger partial charge in [-0.2, -0.15) is 0 Å². The average molecular weight is 402 g/mol. The van der Waals surface area contributed by atoms with E-state index in [0.29, 0.717) is 6.04 Å². The van der Waals surface area contributed by atoms with Gasteiger partial charge in [-0.05, 0) is 25.0 Å². The Kier molecular flexibility index (Phi) is 7.34. The van der Waals surface area contributed by atoms with Crippen molar-refractivity contribution in [2.24, 2.45) is 12.0 Å². The minimum Gasteiger partial charge on any atom is -0.324 e. The normalized spacial score (nSPS) is 15.6. The number of amides is 1. The molecule has 1 aliphatic carbocycles. The van der Waals surface area contributed by atoms with Gasteiger partial charge in [0.05, 0.1) is 18.2 Å². The number of nitrogens with one attached hydrogen (secondary N) is 1. The van der Waals surface area contributed by atoms with Gasteiger partial charge in [-0.25, -0.2) is 8.78 Å². The van der Waals surface area contributed by atoms with Gasteiger partial charge in [0, 0.05) is 24.2 Å². The summed E-state index contributed by atoms with van der Waals surface area (Å²) < 4.78 is 28.7. The summed E-state index contributed by atoms with van der Waals surface area (Å²) in [4.78, 5) is 17.8. The molecule has 1 fully saturated rings.